The van der Waals surface area contributed by atoms with Crippen LogP contribution in [0.3, 0.4) is 0 Å². The van der Waals surface area contributed by atoms with Gasteiger partial charge in [0.25, 0.3) is 0 Å². The lowest BCUT2D eigenvalue weighted by Gasteiger charge is -2.10. The topological polar surface area (TPSA) is 39.2 Å². The van der Waals surface area contributed by atoms with E-state index in [-0.39, 0.29) is 6.61 Å². The molecule has 1 aromatic heterocycles. The molecule has 1 rings (SSSR count). The number of hydrogen-bond acceptors (Lipinski definition) is 4. The van der Waals surface area contributed by atoms with Crippen LogP contribution >= 0.6 is 11.3 Å². The van der Waals surface area contributed by atoms with Crippen molar-refractivity contribution in [2.45, 2.75) is 32.4 Å². The highest BCUT2D eigenvalue weighted by Crippen LogP contribution is 2.35. The molecule has 1 heterocycles. The first-order valence-electron chi connectivity index (χ1n) is 5.09. The lowest BCUT2D eigenvalue weighted by Crippen LogP contribution is -2.14. The summed E-state index contributed by atoms with van der Waals surface area (Å²) >= 11 is 0.490. The molecule has 1 atom stereocenters. The van der Waals surface area contributed by atoms with Gasteiger partial charge in [0.2, 0.25) is 0 Å². The second-order valence-electron chi connectivity index (χ2n) is 3.28. The van der Waals surface area contributed by atoms with Crippen molar-refractivity contribution in [3.63, 3.8) is 0 Å². The summed E-state index contributed by atoms with van der Waals surface area (Å²) < 4.78 is 41.9. The first-order valence-corrected chi connectivity index (χ1v) is 5.91. The molecule has 0 aliphatic heterocycles. The minimum atomic E-state index is -4.46. The maximum Gasteiger partial charge on any atom is 0.443 e. The standard InChI is InChI=1S/C10H12F3NO2S/c1-3-6(8(15)16-4-2)7-5-14-9(17-7)10(11,12)13/h5-6H,3-4H2,1-2H3. The highest BCUT2D eigenvalue weighted by atomic mass is 32.1. The van der Waals surface area contributed by atoms with Crippen LogP contribution in [0.2, 0.25) is 0 Å². The number of carbonyl (C=O) groups excluding carboxylic acids is 1. The highest BCUT2D eigenvalue weighted by Gasteiger charge is 2.36. The minimum Gasteiger partial charge on any atom is -0.465 e. The lowest BCUT2D eigenvalue weighted by atomic mass is 10.1. The van der Waals surface area contributed by atoms with Crippen molar-refractivity contribution < 1.29 is 22.7 Å². The number of ether oxygens (including phenoxy) is 1. The summed E-state index contributed by atoms with van der Waals surface area (Å²) in [5, 5.41) is -0.935. The Morgan fingerprint density at radius 3 is 2.59 bits per heavy atom. The number of aromatic nitrogens is 1. The Morgan fingerprint density at radius 1 is 1.53 bits per heavy atom. The van der Waals surface area contributed by atoms with Gasteiger partial charge >= 0.3 is 12.1 Å². The summed E-state index contributed by atoms with van der Waals surface area (Å²) in [4.78, 5) is 15.1. The van der Waals surface area contributed by atoms with Crippen LogP contribution in [-0.4, -0.2) is 17.6 Å². The molecular formula is C10H12F3NO2S. The predicted octanol–water partition coefficient (Wildman–Crippen LogP) is 3.22. The summed E-state index contributed by atoms with van der Waals surface area (Å²) in [6.45, 7) is 3.58. The van der Waals surface area contributed by atoms with Gasteiger partial charge in [-0.25, -0.2) is 4.98 Å². The fourth-order valence-electron chi connectivity index (χ4n) is 1.31. The number of halogens is 3. The average molecular weight is 267 g/mol. The molecule has 0 aromatic carbocycles. The fourth-order valence-corrected chi connectivity index (χ4v) is 2.26. The third kappa shape index (κ3) is 3.42. The van der Waals surface area contributed by atoms with Crippen molar-refractivity contribution in [1.82, 2.24) is 4.98 Å². The molecule has 3 nitrogen and oxygen atoms in total. The molecular weight excluding hydrogens is 255 g/mol. The van der Waals surface area contributed by atoms with Crippen LogP contribution in [0.25, 0.3) is 0 Å². The molecule has 17 heavy (non-hydrogen) atoms. The van der Waals surface area contributed by atoms with E-state index >= 15 is 0 Å². The molecule has 1 unspecified atom stereocenters. The smallest absolute Gasteiger partial charge is 0.443 e. The highest BCUT2D eigenvalue weighted by molar-refractivity contribution is 7.11. The van der Waals surface area contributed by atoms with Crippen molar-refractivity contribution in [2.24, 2.45) is 0 Å². The first-order chi connectivity index (χ1) is 7.90. The number of rotatable bonds is 4. The summed E-state index contributed by atoms with van der Waals surface area (Å²) in [7, 11) is 0. The monoisotopic (exact) mass is 267 g/mol. The van der Waals surface area contributed by atoms with Gasteiger partial charge < -0.3 is 4.74 Å². The van der Waals surface area contributed by atoms with Crippen LogP contribution in [0.5, 0.6) is 0 Å². The molecule has 0 saturated heterocycles. The second kappa shape index (κ2) is 5.48. The van der Waals surface area contributed by atoms with Gasteiger partial charge in [-0.3, -0.25) is 4.79 Å². The average Bonchev–Trinajstić information content (AvgIpc) is 2.68. The van der Waals surface area contributed by atoms with Crippen molar-refractivity contribution in [3.05, 3.63) is 16.1 Å². The number of carbonyl (C=O) groups is 1. The van der Waals surface area contributed by atoms with Gasteiger partial charge in [-0.15, -0.1) is 11.3 Å². The third-order valence-corrected chi connectivity index (χ3v) is 3.24. The molecule has 0 saturated carbocycles. The summed E-state index contributed by atoms with van der Waals surface area (Å²) in [5.41, 5.74) is 0. The Labute approximate surface area is 101 Å². The number of nitrogens with zero attached hydrogens (tertiary/aromatic N) is 1. The lowest BCUT2D eigenvalue weighted by molar-refractivity contribution is -0.145. The van der Waals surface area contributed by atoms with E-state index in [1.807, 2.05) is 0 Å². The molecule has 0 radical (unpaired) electrons. The number of hydrogen-bond donors (Lipinski definition) is 0. The van der Waals surface area contributed by atoms with Gasteiger partial charge in [-0.1, -0.05) is 6.92 Å². The SMILES string of the molecule is CCOC(=O)C(CC)c1cnc(C(F)(F)F)s1. The molecule has 7 heteroatoms. The Hall–Kier alpha value is -1.11. The van der Waals surface area contributed by atoms with E-state index in [1.165, 1.54) is 0 Å². The van der Waals surface area contributed by atoms with Crippen LogP contribution in [0.4, 0.5) is 13.2 Å². The third-order valence-electron chi connectivity index (χ3n) is 2.09. The van der Waals surface area contributed by atoms with E-state index in [0.29, 0.717) is 22.6 Å². The first kappa shape index (κ1) is 14.0. The van der Waals surface area contributed by atoms with Crippen LogP contribution in [-0.2, 0) is 15.7 Å². The Morgan fingerprint density at radius 2 is 2.18 bits per heavy atom. The van der Waals surface area contributed by atoms with Crippen LogP contribution in [0.15, 0.2) is 6.20 Å². The number of alkyl halides is 3. The number of esters is 1. The van der Waals surface area contributed by atoms with E-state index in [2.05, 4.69) is 4.98 Å². The minimum absolute atomic E-state index is 0.209. The second-order valence-corrected chi connectivity index (χ2v) is 4.34. The molecule has 0 fully saturated rings. The molecule has 0 spiro atoms. The van der Waals surface area contributed by atoms with E-state index in [4.69, 9.17) is 4.74 Å². The zero-order chi connectivity index (χ0) is 13.1. The Bertz CT molecular complexity index is 389. The van der Waals surface area contributed by atoms with E-state index < -0.39 is 23.1 Å². The molecule has 0 N–H and O–H groups in total. The van der Waals surface area contributed by atoms with Crippen molar-refractivity contribution >= 4 is 17.3 Å². The van der Waals surface area contributed by atoms with E-state index in [9.17, 15) is 18.0 Å². The van der Waals surface area contributed by atoms with E-state index in [0.717, 1.165) is 6.20 Å². The Balaban J connectivity index is 2.90. The predicted molar refractivity (Wildman–Crippen MR) is 56.8 cm³/mol. The zero-order valence-corrected chi connectivity index (χ0v) is 10.2. The molecule has 0 amide bonds. The van der Waals surface area contributed by atoms with Gasteiger partial charge in [0.1, 0.15) is 0 Å². The van der Waals surface area contributed by atoms with Crippen molar-refractivity contribution in [3.8, 4) is 0 Å². The molecule has 96 valence electrons. The van der Waals surface area contributed by atoms with Crippen molar-refractivity contribution in [2.75, 3.05) is 6.61 Å². The van der Waals surface area contributed by atoms with Gasteiger partial charge in [0, 0.05) is 11.1 Å². The maximum atomic E-state index is 12.3. The molecule has 0 aliphatic carbocycles. The zero-order valence-electron chi connectivity index (χ0n) is 9.37. The summed E-state index contributed by atoms with van der Waals surface area (Å²) in [6, 6.07) is 0. The quantitative estimate of drug-likeness (QED) is 0.786. The largest absolute Gasteiger partial charge is 0.465 e. The maximum absolute atomic E-state index is 12.3. The molecule has 0 bridgehead atoms. The number of thiazole rings is 1. The van der Waals surface area contributed by atoms with Crippen LogP contribution in [0.1, 0.15) is 36.1 Å². The fraction of sp³-hybridized carbons (Fsp3) is 0.600. The van der Waals surface area contributed by atoms with Gasteiger partial charge in [-0.2, -0.15) is 13.2 Å². The van der Waals surface area contributed by atoms with E-state index in [1.54, 1.807) is 13.8 Å². The van der Waals surface area contributed by atoms with Gasteiger partial charge in [0.15, 0.2) is 5.01 Å². The normalized spacial score (nSPS) is 13.5. The van der Waals surface area contributed by atoms with Gasteiger partial charge in [-0.05, 0) is 13.3 Å². The Kier molecular flexibility index (Phi) is 4.50. The summed E-state index contributed by atoms with van der Waals surface area (Å²) in [5.74, 6) is -1.17. The van der Waals surface area contributed by atoms with Crippen LogP contribution in [0, 0.1) is 0 Å². The molecule has 1 aromatic rings. The van der Waals surface area contributed by atoms with Crippen LogP contribution < -0.4 is 0 Å². The van der Waals surface area contributed by atoms with Gasteiger partial charge in [0.05, 0.1) is 12.5 Å². The van der Waals surface area contributed by atoms with Crippen molar-refractivity contribution in [1.29, 1.82) is 0 Å². The summed E-state index contributed by atoms with van der Waals surface area (Å²) in [6.07, 6.45) is -2.98. The molecule has 0 aliphatic rings.